The molecule has 0 atom stereocenters. The molecule has 1 aromatic carbocycles. The lowest BCUT2D eigenvalue weighted by molar-refractivity contribution is 0.787. The number of aromatic nitrogens is 3. The van der Waals surface area contributed by atoms with E-state index in [0.717, 1.165) is 6.54 Å². The largest absolute Gasteiger partial charge is 0.306 e. The van der Waals surface area contributed by atoms with Crippen molar-refractivity contribution in [2.75, 3.05) is 0 Å². The number of rotatable bonds is 2. The average molecular weight is 158 g/mol. The van der Waals surface area contributed by atoms with Crippen LogP contribution in [0.15, 0.2) is 36.7 Å². The normalized spacial score (nSPS) is 10.0. The third-order valence-electron chi connectivity index (χ3n) is 1.62. The lowest BCUT2D eigenvalue weighted by atomic mass is 10.2. The molecule has 12 heavy (non-hydrogen) atoms. The summed E-state index contributed by atoms with van der Waals surface area (Å²) in [4.78, 5) is 0. The van der Waals surface area contributed by atoms with Crippen LogP contribution < -0.4 is 0 Å². The van der Waals surface area contributed by atoms with Crippen molar-refractivity contribution < 1.29 is 0 Å². The highest BCUT2D eigenvalue weighted by Crippen LogP contribution is 1.99. The summed E-state index contributed by atoms with van der Waals surface area (Å²) in [5.41, 5.74) is 1.23. The second kappa shape index (κ2) is 3.17. The Morgan fingerprint density at radius 2 is 2.08 bits per heavy atom. The maximum Gasteiger partial charge on any atom is 0.202 e. The number of hydrogen-bond donors (Lipinski definition) is 0. The van der Waals surface area contributed by atoms with E-state index in [1.54, 1.807) is 6.33 Å². The van der Waals surface area contributed by atoms with Crippen molar-refractivity contribution in [1.82, 2.24) is 14.8 Å². The third kappa shape index (κ3) is 1.50. The third-order valence-corrected chi connectivity index (χ3v) is 1.62. The average Bonchev–Trinajstić information content (AvgIpc) is 2.59. The highest BCUT2D eigenvalue weighted by Gasteiger charge is 1.92. The minimum absolute atomic E-state index is 0.786. The van der Waals surface area contributed by atoms with Crippen LogP contribution in [0, 0.1) is 6.33 Å². The van der Waals surface area contributed by atoms with Crippen LogP contribution in [-0.2, 0) is 6.54 Å². The lowest BCUT2D eigenvalue weighted by Gasteiger charge is -1.98. The highest BCUT2D eigenvalue weighted by atomic mass is 15.2. The molecular formula is C9H8N3. The molecule has 1 aromatic heterocycles. The fraction of sp³-hybridized carbons (Fsp3) is 0.111. The maximum atomic E-state index is 3.68. The van der Waals surface area contributed by atoms with Crippen molar-refractivity contribution in [3.05, 3.63) is 48.5 Å². The van der Waals surface area contributed by atoms with Crippen LogP contribution in [0.1, 0.15) is 5.56 Å². The van der Waals surface area contributed by atoms with Crippen molar-refractivity contribution in [3.63, 3.8) is 0 Å². The van der Waals surface area contributed by atoms with Crippen LogP contribution in [-0.4, -0.2) is 14.8 Å². The Morgan fingerprint density at radius 1 is 1.25 bits per heavy atom. The zero-order valence-corrected chi connectivity index (χ0v) is 6.51. The van der Waals surface area contributed by atoms with Crippen LogP contribution >= 0.6 is 0 Å². The van der Waals surface area contributed by atoms with Gasteiger partial charge in [-0.15, -0.1) is 10.2 Å². The first kappa shape index (κ1) is 7.03. The first-order chi connectivity index (χ1) is 5.95. The summed E-state index contributed by atoms with van der Waals surface area (Å²) in [5.74, 6) is 0. The quantitative estimate of drug-likeness (QED) is 0.655. The molecule has 1 heterocycles. The van der Waals surface area contributed by atoms with Crippen molar-refractivity contribution in [2.45, 2.75) is 6.54 Å². The summed E-state index contributed by atoms with van der Waals surface area (Å²) < 4.78 is 1.81. The van der Waals surface area contributed by atoms with Crippen LogP contribution in [0.4, 0.5) is 0 Å². The molecule has 0 amide bonds. The topological polar surface area (TPSA) is 30.7 Å². The molecule has 1 radical (unpaired) electrons. The molecule has 0 aliphatic rings. The molecule has 0 bridgehead atoms. The van der Waals surface area contributed by atoms with Gasteiger partial charge in [-0.2, -0.15) is 0 Å². The molecule has 59 valence electrons. The smallest absolute Gasteiger partial charge is 0.202 e. The molecule has 0 unspecified atom stereocenters. The monoisotopic (exact) mass is 158 g/mol. The Kier molecular flexibility index (Phi) is 1.86. The summed E-state index contributed by atoms with van der Waals surface area (Å²) in [6.45, 7) is 0.786. The zero-order chi connectivity index (χ0) is 8.23. The second-order valence-corrected chi connectivity index (χ2v) is 2.54. The first-order valence-corrected chi connectivity index (χ1v) is 3.74. The summed E-state index contributed by atoms with van der Waals surface area (Å²) in [7, 11) is 0. The Morgan fingerprint density at radius 3 is 2.75 bits per heavy atom. The summed E-state index contributed by atoms with van der Waals surface area (Å²) in [6, 6.07) is 10.2. The second-order valence-electron chi connectivity index (χ2n) is 2.54. The van der Waals surface area contributed by atoms with Crippen LogP contribution in [0.2, 0.25) is 0 Å². The molecule has 0 spiro atoms. The van der Waals surface area contributed by atoms with E-state index in [1.165, 1.54) is 5.56 Å². The molecule has 3 nitrogen and oxygen atoms in total. The van der Waals surface area contributed by atoms with Gasteiger partial charge in [0.25, 0.3) is 0 Å². The molecule has 2 rings (SSSR count). The van der Waals surface area contributed by atoms with Gasteiger partial charge in [0, 0.05) is 0 Å². The zero-order valence-electron chi connectivity index (χ0n) is 6.51. The minimum Gasteiger partial charge on any atom is -0.306 e. The molecule has 2 aromatic rings. The van der Waals surface area contributed by atoms with E-state index in [0.29, 0.717) is 0 Å². The van der Waals surface area contributed by atoms with E-state index in [4.69, 9.17) is 0 Å². The van der Waals surface area contributed by atoms with E-state index in [1.807, 2.05) is 22.8 Å². The van der Waals surface area contributed by atoms with Gasteiger partial charge in [-0.25, -0.2) is 0 Å². The molecule has 0 N–H and O–H groups in total. The van der Waals surface area contributed by atoms with Gasteiger partial charge in [-0.05, 0) is 5.56 Å². The fourth-order valence-electron chi connectivity index (χ4n) is 1.05. The van der Waals surface area contributed by atoms with Gasteiger partial charge in [-0.1, -0.05) is 30.3 Å². The summed E-state index contributed by atoms with van der Waals surface area (Å²) >= 11 is 0. The van der Waals surface area contributed by atoms with Crippen molar-refractivity contribution >= 4 is 0 Å². The lowest BCUT2D eigenvalue weighted by Crippen LogP contribution is -1.95. The Labute approximate surface area is 70.7 Å². The molecule has 0 fully saturated rings. The van der Waals surface area contributed by atoms with E-state index in [-0.39, 0.29) is 0 Å². The van der Waals surface area contributed by atoms with Gasteiger partial charge in [0.15, 0.2) is 0 Å². The van der Waals surface area contributed by atoms with Gasteiger partial charge in [-0.3, -0.25) is 0 Å². The summed E-state index contributed by atoms with van der Waals surface area (Å²) in [5, 5.41) is 7.28. The predicted molar refractivity (Wildman–Crippen MR) is 44.4 cm³/mol. The molecule has 0 saturated heterocycles. The van der Waals surface area contributed by atoms with E-state index < -0.39 is 0 Å². The minimum atomic E-state index is 0.786. The molecule has 0 aliphatic carbocycles. The van der Waals surface area contributed by atoms with Crippen LogP contribution in [0.3, 0.4) is 0 Å². The van der Waals surface area contributed by atoms with E-state index in [9.17, 15) is 0 Å². The number of nitrogens with zero attached hydrogens (tertiary/aromatic N) is 3. The van der Waals surface area contributed by atoms with Crippen LogP contribution in [0.5, 0.6) is 0 Å². The molecule has 3 heteroatoms. The number of benzene rings is 1. The van der Waals surface area contributed by atoms with E-state index in [2.05, 4.69) is 28.7 Å². The van der Waals surface area contributed by atoms with Gasteiger partial charge in [0.05, 0.1) is 6.54 Å². The first-order valence-electron chi connectivity index (χ1n) is 3.74. The van der Waals surface area contributed by atoms with Gasteiger partial charge >= 0.3 is 0 Å². The van der Waals surface area contributed by atoms with Crippen molar-refractivity contribution in [3.8, 4) is 0 Å². The van der Waals surface area contributed by atoms with Crippen molar-refractivity contribution in [2.24, 2.45) is 0 Å². The summed E-state index contributed by atoms with van der Waals surface area (Å²) in [6.07, 6.45) is 4.40. The predicted octanol–water partition coefficient (Wildman–Crippen LogP) is 1.13. The maximum absolute atomic E-state index is 3.68. The number of hydrogen-bond acceptors (Lipinski definition) is 2. The molecule has 0 aliphatic heterocycles. The van der Waals surface area contributed by atoms with Gasteiger partial charge in [0.1, 0.15) is 6.33 Å². The Hall–Kier alpha value is -1.64. The van der Waals surface area contributed by atoms with Crippen LogP contribution in [0.25, 0.3) is 0 Å². The SMILES string of the molecule is [c]1nncn1Cc1ccccc1. The van der Waals surface area contributed by atoms with Gasteiger partial charge in [0.2, 0.25) is 6.33 Å². The van der Waals surface area contributed by atoms with E-state index >= 15 is 0 Å². The Balaban J connectivity index is 2.15. The van der Waals surface area contributed by atoms with Gasteiger partial charge < -0.3 is 4.57 Å². The fourth-order valence-corrected chi connectivity index (χ4v) is 1.05. The standard InChI is InChI=1S/C9H8N3/c1-2-4-9(5-3-1)6-12-7-10-11-8-12/h1-5,7H,6H2. The molecular weight excluding hydrogens is 150 g/mol. The Bertz CT molecular complexity index is 326. The molecule has 0 saturated carbocycles. The van der Waals surface area contributed by atoms with Crippen molar-refractivity contribution in [1.29, 1.82) is 0 Å². The highest BCUT2D eigenvalue weighted by molar-refractivity contribution is 5.14.